The largest absolute Gasteiger partial charge is 0.497 e. The number of hydrogen-bond donors (Lipinski definition) is 2. The molecule has 0 fully saturated rings. The maximum atomic E-state index is 9.30. The Hall–Kier alpha value is -1.26. The van der Waals surface area contributed by atoms with E-state index in [1.54, 1.807) is 31.4 Å². The van der Waals surface area contributed by atoms with Gasteiger partial charge in [0, 0.05) is 6.61 Å². The van der Waals surface area contributed by atoms with Crippen LogP contribution in [0.4, 0.5) is 0 Å². The van der Waals surface area contributed by atoms with Gasteiger partial charge in [-0.25, -0.2) is 0 Å². The van der Waals surface area contributed by atoms with Crippen molar-refractivity contribution in [1.82, 2.24) is 0 Å². The molecule has 0 bridgehead atoms. The molecule has 0 heterocycles. The quantitative estimate of drug-likeness (QED) is 0.733. The monoisotopic (exact) mass is 212 g/mol. The predicted molar refractivity (Wildman–Crippen MR) is 56.2 cm³/mol. The van der Waals surface area contributed by atoms with E-state index in [1.807, 2.05) is 0 Å². The number of aliphatic hydroxyl groups excluding tert-OH is 2. The fourth-order valence-corrected chi connectivity index (χ4v) is 1.10. The highest BCUT2D eigenvalue weighted by atomic mass is 16.5. The molecule has 0 aromatic heterocycles. The minimum Gasteiger partial charge on any atom is -0.497 e. The summed E-state index contributed by atoms with van der Waals surface area (Å²) >= 11 is 0. The van der Waals surface area contributed by atoms with Crippen molar-refractivity contribution in [1.29, 1.82) is 0 Å². The highest BCUT2D eigenvalue weighted by Gasteiger charge is 2.03. The first kappa shape index (κ1) is 11.8. The van der Waals surface area contributed by atoms with E-state index in [4.69, 9.17) is 14.6 Å². The van der Waals surface area contributed by atoms with Crippen molar-refractivity contribution < 1.29 is 19.7 Å². The van der Waals surface area contributed by atoms with E-state index < -0.39 is 6.10 Å². The molecule has 1 atom stereocenters. The molecule has 0 saturated heterocycles. The Labute approximate surface area is 89.1 Å². The molecule has 0 radical (unpaired) electrons. The predicted octanol–water partition coefficient (Wildman–Crippen LogP) is 0.817. The summed E-state index contributed by atoms with van der Waals surface area (Å²) in [6, 6.07) is 7.11. The van der Waals surface area contributed by atoms with Crippen LogP contribution in [0.15, 0.2) is 24.3 Å². The van der Waals surface area contributed by atoms with Gasteiger partial charge in [0.25, 0.3) is 0 Å². The molecule has 0 amide bonds. The SMILES string of the molecule is COc1ccc(OCC(O)CCO)cc1. The van der Waals surface area contributed by atoms with Crippen molar-refractivity contribution in [2.45, 2.75) is 12.5 Å². The summed E-state index contributed by atoms with van der Waals surface area (Å²) in [5, 5.41) is 17.9. The van der Waals surface area contributed by atoms with Crippen molar-refractivity contribution in [3.63, 3.8) is 0 Å². The van der Waals surface area contributed by atoms with Gasteiger partial charge < -0.3 is 19.7 Å². The Morgan fingerprint density at radius 2 is 1.80 bits per heavy atom. The number of methoxy groups -OCH3 is 1. The van der Waals surface area contributed by atoms with E-state index in [2.05, 4.69) is 0 Å². The number of benzene rings is 1. The van der Waals surface area contributed by atoms with Crippen LogP contribution in [-0.2, 0) is 0 Å². The lowest BCUT2D eigenvalue weighted by Crippen LogP contribution is -2.18. The van der Waals surface area contributed by atoms with Gasteiger partial charge in [0.2, 0.25) is 0 Å². The second-order valence-corrected chi connectivity index (χ2v) is 3.15. The Bertz CT molecular complexity index is 270. The zero-order chi connectivity index (χ0) is 11.1. The van der Waals surface area contributed by atoms with Crippen LogP contribution in [0.5, 0.6) is 11.5 Å². The topological polar surface area (TPSA) is 58.9 Å². The molecule has 15 heavy (non-hydrogen) atoms. The minimum absolute atomic E-state index is 0.0346. The standard InChI is InChI=1S/C11H16O4/c1-14-10-2-4-11(5-3-10)15-8-9(13)6-7-12/h2-5,9,12-13H,6-8H2,1H3. The molecular weight excluding hydrogens is 196 g/mol. The average Bonchev–Trinajstić information content (AvgIpc) is 2.27. The molecule has 0 aliphatic heterocycles. The molecule has 1 aromatic carbocycles. The molecule has 1 unspecified atom stereocenters. The van der Waals surface area contributed by atoms with Gasteiger partial charge >= 0.3 is 0 Å². The second-order valence-electron chi connectivity index (χ2n) is 3.15. The first-order valence-corrected chi connectivity index (χ1v) is 4.82. The third-order valence-corrected chi connectivity index (χ3v) is 1.96. The highest BCUT2D eigenvalue weighted by Crippen LogP contribution is 2.17. The van der Waals surface area contributed by atoms with Crippen LogP contribution in [0.2, 0.25) is 0 Å². The first-order valence-electron chi connectivity index (χ1n) is 4.82. The molecule has 4 heteroatoms. The molecule has 1 rings (SSSR count). The second kappa shape index (κ2) is 6.27. The number of rotatable bonds is 6. The fourth-order valence-electron chi connectivity index (χ4n) is 1.10. The van der Waals surface area contributed by atoms with Gasteiger partial charge in [-0.05, 0) is 30.7 Å². The zero-order valence-electron chi connectivity index (χ0n) is 8.72. The summed E-state index contributed by atoms with van der Waals surface area (Å²) in [5.41, 5.74) is 0. The lowest BCUT2D eigenvalue weighted by Gasteiger charge is -2.11. The molecule has 0 aliphatic rings. The molecule has 0 saturated carbocycles. The van der Waals surface area contributed by atoms with Gasteiger partial charge in [-0.3, -0.25) is 0 Å². The molecule has 1 aromatic rings. The van der Waals surface area contributed by atoms with Gasteiger partial charge in [0.1, 0.15) is 18.1 Å². The molecule has 84 valence electrons. The molecule has 2 N–H and O–H groups in total. The van der Waals surface area contributed by atoms with Crippen LogP contribution < -0.4 is 9.47 Å². The minimum atomic E-state index is -0.628. The Morgan fingerprint density at radius 3 is 2.33 bits per heavy atom. The van der Waals surface area contributed by atoms with Crippen molar-refractivity contribution in [2.24, 2.45) is 0 Å². The maximum absolute atomic E-state index is 9.30. The van der Waals surface area contributed by atoms with Crippen molar-refractivity contribution in [3.05, 3.63) is 24.3 Å². The van der Waals surface area contributed by atoms with E-state index >= 15 is 0 Å². The van der Waals surface area contributed by atoms with Gasteiger partial charge in [0.05, 0.1) is 13.2 Å². The summed E-state index contributed by atoms with van der Waals surface area (Å²) in [6.45, 7) is 0.153. The molecule has 0 spiro atoms. The van der Waals surface area contributed by atoms with Crippen LogP contribution >= 0.6 is 0 Å². The van der Waals surface area contributed by atoms with Crippen LogP contribution in [0.25, 0.3) is 0 Å². The maximum Gasteiger partial charge on any atom is 0.119 e. The van der Waals surface area contributed by atoms with E-state index in [-0.39, 0.29) is 13.2 Å². The Balaban J connectivity index is 2.37. The Kier molecular flexibility index (Phi) is 4.93. The number of ether oxygens (including phenoxy) is 2. The van der Waals surface area contributed by atoms with E-state index in [0.717, 1.165) is 5.75 Å². The van der Waals surface area contributed by atoms with Gasteiger partial charge in [-0.2, -0.15) is 0 Å². The smallest absolute Gasteiger partial charge is 0.119 e. The van der Waals surface area contributed by atoms with E-state index in [1.165, 1.54) is 0 Å². The summed E-state index contributed by atoms with van der Waals surface area (Å²) in [5.74, 6) is 1.44. The number of hydrogen-bond acceptors (Lipinski definition) is 4. The van der Waals surface area contributed by atoms with Crippen LogP contribution in [0.3, 0.4) is 0 Å². The van der Waals surface area contributed by atoms with Gasteiger partial charge in [-0.15, -0.1) is 0 Å². The lowest BCUT2D eigenvalue weighted by molar-refractivity contribution is 0.0821. The first-order chi connectivity index (χ1) is 7.26. The van der Waals surface area contributed by atoms with Crippen molar-refractivity contribution >= 4 is 0 Å². The Morgan fingerprint density at radius 1 is 1.20 bits per heavy atom. The van der Waals surface area contributed by atoms with Gasteiger partial charge in [-0.1, -0.05) is 0 Å². The molecular formula is C11H16O4. The summed E-state index contributed by atoms with van der Waals surface area (Å²) in [7, 11) is 1.60. The zero-order valence-corrected chi connectivity index (χ0v) is 8.72. The summed E-state index contributed by atoms with van der Waals surface area (Å²) in [4.78, 5) is 0. The van der Waals surface area contributed by atoms with Crippen LogP contribution in [0.1, 0.15) is 6.42 Å². The van der Waals surface area contributed by atoms with Crippen LogP contribution in [0, 0.1) is 0 Å². The van der Waals surface area contributed by atoms with E-state index in [9.17, 15) is 5.11 Å². The third kappa shape index (κ3) is 4.18. The average molecular weight is 212 g/mol. The summed E-state index contributed by atoms with van der Waals surface area (Å²) < 4.78 is 10.3. The van der Waals surface area contributed by atoms with E-state index in [0.29, 0.717) is 12.2 Å². The number of aliphatic hydroxyl groups is 2. The van der Waals surface area contributed by atoms with Crippen LogP contribution in [-0.4, -0.2) is 36.6 Å². The fraction of sp³-hybridized carbons (Fsp3) is 0.455. The highest BCUT2D eigenvalue weighted by molar-refractivity contribution is 5.31. The third-order valence-electron chi connectivity index (χ3n) is 1.96. The van der Waals surface area contributed by atoms with Gasteiger partial charge in [0.15, 0.2) is 0 Å². The van der Waals surface area contributed by atoms with Crippen molar-refractivity contribution in [3.8, 4) is 11.5 Å². The molecule has 4 nitrogen and oxygen atoms in total. The van der Waals surface area contributed by atoms with Crippen molar-refractivity contribution in [2.75, 3.05) is 20.3 Å². The lowest BCUT2D eigenvalue weighted by atomic mass is 10.3. The normalized spacial score (nSPS) is 12.2. The summed E-state index contributed by atoms with van der Waals surface area (Å²) in [6.07, 6.45) is -0.298. The molecule has 0 aliphatic carbocycles.